The second-order valence-electron chi connectivity index (χ2n) is 7.93. The zero-order chi connectivity index (χ0) is 27.2. The van der Waals surface area contributed by atoms with Gasteiger partial charge in [0.25, 0.3) is 0 Å². The molecule has 0 amide bonds. The third kappa shape index (κ3) is 5.60. The van der Waals surface area contributed by atoms with E-state index in [1.165, 1.54) is 13.3 Å². The molecule has 0 saturated carbocycles. The Morgan fingerprint density at radius 2 is 1.84 bits per heavy atom. The fraction of sp³-hybridized carbons (Fsp3) is 0.185. The van der Waals surface area contributed by atoms with E-state index in [1.54, 1.807) is 38.4 Å². The summed E-state index contributed by atoms with van der Waals surface area (Å²) in [7, 11) is 3.08. The van der Waals surface area contributed by atoms with Crippen molar-refractivity contribution in [3.8, 4) is 34.8 Å². The summed E-state index contributed by atoms with van der Waals surface area (Å²) in [5.41, 5.74) is 14.8. The SMILES string of the molecule is CCOC(=O)Oc1cnc2cc(C#Cc3cc(Cc4cnc(N)nc4N)cc(OC)c3OC)ccc2c1O. The molecule has 0 unspecified atom stereocenters. The van der Waals surface area contributed by atoms with Crippen molar-refractivity contribution >= 4 is 28.8 Å². The summed E-state index contributed by atoms with van der Waals surface area (Å²) >= 11 is 0. The van der Waals surface area contributed by atoms with Crippen molar-refractivity contribution < 1.29 is 28.8 Å². The molecule has 0 aliphatic heterocycles. The van der Waals surface area contributed by atoms with Gasteiger partial charge in [-0.1, -0.05) is 11.8 Å². The van der Waals surface area contributed by atoms with Gasteiger partial charge in [-0.2, -0.15) is 4.98 Å². The molecule has 0 aliphatic carbocycles. The Labute approximate surface area is 218 Å². The van der Waals surface area contributed by atoms with Gasteiger partial charge >= 0.3 is 6.16 Å². The maximum absolute atomic E-state index is 11.6. The Hall–Kier alpha value is -5.24. The standard InChI is InChI=1S/C27H25N5O6/c1-4-37-27(34)38-22-14-30-20-11-15(6-8-19(20)23(22)33)5-7-17-9-16(12-21(35-2)24(17)36-3)10-18-13-31-26(29)32-25(18)28/h6,8-9,11-14H,4,10H2,1-3H3,(H,30,33)(H4,28,29,31,32). The maximum Gasteiger partial charge on any atom is 0.514 e. The molecule has 4 rings (SSSR count). The predicted molar refractivity (Wildman–Crippen MR) is 140 cm³/mol. The molecule has 0 fully saturated rings. The lowest BCUT2D eigenvalue weighted by molar-refractivity contribution is 0.103. The van der Waals surface area contributed by atoms with E-state index in [9.17, 15) is 9.90 Å². The molecular formula is C27H25N5O6. The Kier molecular flexibility index (Phi) is 7.63. The zero-order valence-corrected chi connectivity index (χ0v) is 20.9. The monoisotopic (exact) mass is 515 g/mol. The second kappa shape index (κ2) is 11.2. The number of hydrogen-bond acceptors (Lipinski definition) is 11. The van der Waals surface area contributed by atoms with Gasteiger partial charge in [0.2, 0.25) is 5.95 Å². The normalized spacial score (nSPS) is 10.4. The van der Waals surface area contributed by atoms with E-state index < -0.39 is 6.16 Å². The van der Waals surface area contributed by atoms with E-state index >= 15 is 0 Å². The van der Waals surface area contributed by atoms with Crippen LogP contribution in [-0.4, -0.2) is 47.0 Å². The number of nitrogens with two attached hydrogens (primary N) is 2. The van der Waals surface area contributed by atoms with Gasteiger partial charge in [-0.25, -0.2) is 9.78 Å². The highest BCUT2D eigenvalue weighted by molar-refractivity contribution is 5.88. The Balaban J connectivity index is 1.67. The van der Waals surface area contributed by atoms with Crippen LogP contribution in [0, 0.1) is 11.8 Å². The Bertz CT molecular complexity index is 1580. The first kappa shape index (κ1) is 25.8. The summed E-state index contributed by atoms with van der Waals surface area (Å²) in [6.45, 7) is 1.79. The molecule has 38 heavy (non-hydrogen) atoms. The van der Waals surface area contributed by atoms with Gasteiger partial charge in [-0.05, 0) is 42.8 Å². The van der Waals surface area contributed by atoms with Gasteiger partial charge in [0, 0.05) is 29.1 Å². The summed E-state index contributed by atoms with van der Waals surface area (Å²) < 4.78 is 20.8. The topological polar surface area (TPSA) is 165 Å². The summed E-state index contributed by atoms with van der Waals surface area (Å²) in [6.07, 6.45) is 2.33. The van der Waals surface area contributed by atoms with E-state index in [-0.39, 0.29) is 24.1 Å². The molecule has 194 valence electrons. The number of aromatic hydroxyl groups is 1. The molecule has 11 nitrogen and oxygen atoms in total. The van der Waals surface area contributed by atoms with Crippen LogP contribution in [-0.2, 0) is 11.2 Å². The minimum absolute atomic E-state index is 0.101. The number of ether oxygens (including phenoxy) is 4. The third-order valence-corrected chi connectivity index (χ3v) is 5.45. The molecule has 4 aromatic rings. The minimum atomic E-state index is -0.926. The summed E-state index contributed by atoms with van der Waals surface area (Å²) in [5.74, 6) is 7.26. The van der Waals surface area contributed by atoms with Crippen LogP contribution >= 0.6 is 0 Å². The van der Waals surface area contributed by atoms with Crippen molar-refractivity contribution in [2.24, 2.45) is 0 Å². The van der Waals surface area contributed by atoms with E-state index in [4.69, 9.17) is 30.4 Å². The lowest BCUT2D eigenvalue weighted by Gasteiger charge is -2.13. The Morgan fingerprint density at radius 1 is 1.03 bits per heavy atom. The molecule has 5 N–H and O–H groups in total. The smallest absolute Gasteiger partial charge is 0.504 e. The number of aromatic nitrogens is 3. The molecule has 11 heteroatoms. The minimum Gasteiger partial charge on any atom is -0.504 e. The number of fused-ring (bicyclic) bond motifs is 1. The molecule has 2 heterocycles. The maximum atomic E-state index is 11.6. The molecule has 0 spiro atoms. The highest BCUT2D eigenvalue weighted by Crippen LogP contribution is 2.35. The quantitative estimate of drug-likeness (QED) is 0.254. The number of pyridine rings is 1. The molecular weight excluding hydrogens is 490 g/mol. The molecule has 0 radical (unpaired) electrons. The van der Waals surface area contributed by atoms with E-state index in [1.807, 2.05) is 12.1 Å². The lowest BCUT2D eigenvalue weighted by Crippen LogP contribution is -2.10. The number of nitrogen functional groups attached to an aromatic ring is 2. The van der Waals surface area contributed by atoms with Gasteiger partial charge in [0.1, 0.15) is 5.82 Å². The molecule has 2 aromatic heterocycles. The third-order valence-electron chi connectivity index (χ3n) is 5.45. The van der Waals surface area contributed by atoms with Gasteiger partial charge < -0.3 is 35.5 Å². The number of carbonyl (C=O) groups is 1. The summed E-state index contributed by atoms with van der Waals surface area (Å²) in [5, 5.41) is 10.9. The van der Waals surface area contributed by atoms with Crippen molar-refractivity contribution in [1.82, 2.24) is 15.0 Å². The number of methoxy groups -OCH3 is 2. The molecule has 2 aromatic carbocycles. The van der Waals surface area contributed by atoms with E-state index in [0.29, 0.717) is 51.3 Å². The van der Waals surface area contributed by atoms with Crippen molar-refractivity contribution in [2.75, 3.05) is 32.3 Å². The van der Waals surface area contributed by atoms with Crippen LogP contribution in [0.5, 0.6) is 23.0 Å². The first-order valence-corrected chi connectivity index (χ1v) is 11.4. The number of nitrogens with zero attached hydrogens (tertiary/aromatic N) is 3. The van der Waals surface area contributed by atoms with Crippen LogP contribution < -0.4 is 25.7 Å². The predicted octanol–water partition coefficient (Wildman–Crippen LogP) is 3.44. The van der Waals surface area contributed by atoms with Gasteiger partial charge in [0.15, 0.2) is 23.0 Å². The average Bonchev–Trinajstić information content (AvgIpc) is 2.90. The zero-order valence-electron chi connectivity index (χ0n) is 20.9. The largest absolute Gasteiger partial charge is 0.514 e. The van der Waals surface area contributed by atoms with Crippen LogP contribution in [0.1, 0.15) is 29.2 Å². The molecule has 0 atom stereocenters. The first-order valence-electron chi connectivity index (χ1n) is 11.4. The second-order valence-corrected chi connectivity index (χ2v) is 7.93. The van der Waals surface area contributed by atoms with Crippen molar-refractivity contribution in [3.63, 3.8) is 0 Å². The number of anilines is 2. The van der Waals surface area contributed by atoms with Crippen LogP contribution in [0.2, 0.25) is 0 Å². The van der Waals surface area contributed by atoms with Gasteiger partial charge in [-0.3, -0.25) is 4.98 Å². The number of benzene rings is 2. The lowest BCUT2D eigenvalue weighted by atomic mass is 10.0. The van der Waals surface area contributed by atoms with Crippen LogP contribution in [0.15, 0.2) is 42.7 Å². The molecule has 0 aliphatic rings. The fourth-order valence-corrected chi connectivity index (χ4v) is 3.70. The fourth-order valence-electron chi connectivity index (χ4n) is 3.70. The molecule has 0 bridgehead atoms. The first-order chi connectivity index (χ1) is 18.3. The van der Waals surface area contributed by atoms with Crippen molar-refractivity contribution in [2.45, 2.75) is 13.3 Å². The van der Waals surface area contributed by atoms with Crippen LogP contribution in [0.25, 0.3) is 10.9 Å². The molecule has 0 saturated heterocycles. The van der Waals surface area contributed by atoms with Crippen molar-refractivity contribution in [1.29, 1.82) is 0 Å². The van der Waals surface area contributed by atoms with Crippen molar-refractivity contribution in [3.05, 3.63) is 65.0 Å². The Morgan fingerprint density at radius 3 is 2.55 bits per heavy atom. The van der Waals surface area contributed by atoms with E-state index in [0.717, 1.165) is 5.56 Å². The number of hydrogen-bond donors (Lipinski definition) is 3. The average molecular weight is 516 g/mol. The van der Waals surface area contributed by atoms with Crippen LogP contribution in [0.4, 0.5) is 16.6 Å². The summed E-state index contributed by atoms with van der Waals surface area (Å²) in [4.78, 5) is 23.9. The summed E-state index contributed by atoms with van der Waals surface area (Å²) in [6, 6.07) is 8.76. The van der Waals surface area contributed by atoms with Gasteiger partial charge in [0.05, 0.1) is 38.1 Å². The number of carbonyl (C=O) groups excluding carboxylic acids is 1. The van der Waals surface area contributed by atoms with Crippen LogP contribution in [0.3, 0.4) is 0 Å². The highest BCUT2D eigenvalue weighted by Gasteiger charge is 2.15. The number of rotatable bonds is 6. The van der Waals surface area contributed by atoms with Gasteiger partial charge in [-0.15, -0.1) is 0 Å². The highest BCUT2D eigenvalue weighted by atomic mass is 16.7. The van der Waals surface area contributed by atoms with E-state index in [2.05, 4.69) is 26.8 Å².